The second-order valence-electron chi connectivity index (χ2n) is 6.46. The molecule has 0 aliphatic heterocycles. The Kier molecular flexibility index (Phi) is 6.01. The molecule has 4 heterocycles. The maximum atomic E-state index is 12.6. The standard InChI is InChI=1S/C21H19N5O2S/c27-19(4-5-20-25-21(26-28-20)16-6-10-22-11-7-16)24-18(13-15-8-12-29-14-15)17-3-1-2-9-23-17/h1-3,6-12,14,18H,4-5,13H2,(H,24,27). The topological polar surface area (TPSA) is 93.8 Å². The third-order valence-electron chi connectivity index (χ3n) is 4.37. The average molecular weight is 405 g/mol. The highest BCUT2D eigenvalue weighted by Gasteiger charge is 2.18. The number of aryl methyl sites for hydroxylation is 1. The summed E-state index contributed by atoms with van der Waals surface area (Å²) in [7, 11) is 0. The van der Waals surface area contributed by atoms with Crippen molar-refractivity contribution in [3.8, 4) is 11.4 Å². The van der Waals surface area contributed by atoms with Gasteiger partial charge in [-0.15, -0.1) is 0 Å². The zero-order valence-corrected chi connectivity index (χ0v) is 16.4. The lowest BCUT2D eigenvalue weighted by atomic mass is 10.0. The van der Waals surface area contributed by atoms with E-state index in [9.17, 15) is 4.79 Å². The summed E-state index contributed by atoms with van der Waals surface area (Å²) in [5.41, 5.74) is 2.83. The highest BCUT2D eigenvalue weighted by atomic mass is 32.1. The van der Waals surface area contributed by atoms with Crippen LogP contribution in [-0.4, -0.2) is 26.0 Å². The Morgan fingerprint density at radius 3 is 2.79 bits per heavy atom. The van der Waals surface area contributed by atoms with E-state index in [4.69, 9.17) is 4.52 Å². The molecular weight excluding hydrogens is 386 g/mol. The molecule has 29 heavy (non-hydrogen) atoms. The third kappa shape index (κ3) is 5.11. The van der Waals surface area contributed by atoms with Gasteiger partial charge in [-0.2, -0.15) is 16.3 Å². The van der Waals surface area contributed by atoms with Crippen molar-refractivity contribution in [1.29, 1.82) is 0 Å². The molecule has 1 N–H and O–H groups in total. The first-order valence-corrected chi connectivity index (χ1v) is 10.2. The lowest BCUT2D eigenvalue weighted by Crippen LogP contribution is -2.30. The van der Waals surface area contributed by atoms with Crippen LogP contribution in [0.15, 0.2) is 70.3 Å². The quantitative estimate of drug-likeness (QED) is 0.481. The van der Waals surface area contributed by atoms with Crippen molar-refractivity contribution in [2.24, 2.45) is 0 Å². The van der Waals surface area contributed by atoms with Crippen molar-refractivity contribution < 1.29 is 9.32 Å². The van der Waals surface area contributed by atoms with Gasteiger partial charge >= 0.3 is 0 Å². The third-order valence-corrected chi connectivity index (χ3v) is 5.10. The molecule has 7 nitrogen and oxygen atoms in total. The Labute approximate surface area is 171 Å². The molecule has 0 aliphatic carbocycles. The Bertz CT molecular complexity index is 1040. The Balaban J connectivity index is 1.37. The van der Waals surface area contributed by atoms with Gasteiger partial charge in [0.15, 0.2) is 0 Å². The van der Waals surface area contributed by atoms with E-state index >= 15 is 0 Å². The molecule has 1 unspecified atom stereocenters. The zero-order valence-electron chi connectivity index (χ0n) is 15.6. The van der Waals surface area contributed by atoms with Crippen LogP contribution in [0.2, 0.25) is 0 Å². The highest BCUT2D eigenvalue weighted by Crippen LogP contribution is 2.19. The molecule has 1 atom stereocenters. The first kappa shape index (κ1) is 18.9. The van der Waals surface area contributed by atoms with Gasteiger partial charge in [-0.3, -0.25) is 14.8 Å². The number of nitrogens with zero attached hydrogens (tertiary/aromatic N) is 4. The number of carbonyl (C=O) groups is 1. The van der Waals surface area contributed by atoms with Crippen molar-refractivity contribution in [2.75, 3.05) is 0 Å². The van der Waals surface area contributed by atoms with Crippen molar-refractivity contribution in [2.45, 2.75) is 25.3 Å². The van der Waals surface area contributed by atoms with Gasteiger partial charge in [0.1, 0.15) is 0 Å². The number of aromatic nitrogens is 4. The Morgan fingerprint density at radius 2 is 2.03 bits per heavy atom. The van der Waals surface area contributed by atoms with Crippen LogP contribution in [0.25, 0.3) is 11.4 Å². The maximum Gasteiger partial charge on any atom is 0.227 e. The summed E-state index contributed by atoms with van der Waals surface area (Å²) in [4.78, 5) is 25.3. The minimum absolute atomic E-state index is 0.0838. The number of hydrogen-bond acceptors (Lipinski definition) is 7. The summed E-state index contributed by atoms with van der Waals surface area (Å²) in [6.07, 6.45) is 6.40. The van der Waals surface area contributed by atoms with Crippen molar-refractivity contribution in [3.05, 3.63) is 82.9 Å². The predicted octanol–water partition coefficient (Wildman–Crippen LogP) is 3.62. The van der Waals surface area contributed by atoms with Gasteiger partial charge in [-0.1, -0.05) is 11.2 Å². The summed E-state index contributed by atoms with van der Waals surface area (Å²) in [6.45, 7) is 0. The Hall–Kier alpha value is -3.39. The maximum absolute atomic E-state index is 12.6. The number of hydrogen-bond donors (Lipinski definition) is 1. The van der Waals surface area contributed by atoms with Crippen LogP contribution in [0.4, 0.5) is 0 Å². The number of carbonyl (C=O) groups excluding carboxylic acids is 1. The van der Waals surface area contributed by atoms with Gasteiger partial charge in [0.25, 0.3) is 0 Å². The van der Waals surface area contributed by atoms with E-state index in [0.717, 1.165) is 11.3 Å². The zero-order chi connectivity index (χ0) is 19.9. The van der Waals surface area contributed by atoms with E-state index in [2.05, 4.69) is 36.9 Å². The van der Waals surface area contributed by atoms with Gasteiger partial charge in [0.2, 0.25) is 17.6 Å². The van der Waals surface area contributed by atoms with E-state index in [0.29, 0.717) is 24.6 Å². The SMILES string of the molecule is O=C(CCc1nc(-c2ccncc2)no1)NC(Cc1ccsc1)c1ccccn1. The number of thiophene rings is 1. The van der Waals surface area contributed by atoms with E-state index < -0.39 is 0 Å². The first-order valence-electron chi connectivity index (χ1n) is 9.22. The molecule has 4 aromatic heterocycles. The lowest BCUT2D eigenvalue weighted by Gasteiger charge is -2.17. The predicted molar refractivity (Wildman–Crippen MR) is 109 cm³/mol. The van der Waals surface area contributed by atoms with Crippen molar-refractivity contribution in [1.82, 2.24) is 25.4 Å². The van der Waals surface area contributed by atoms with Gasteiger partial charge in [0.05, 0.1) is 11.7 Å². The number of rotatable bonds is 8. The molecule has 0 radical (unpaired) electrons. The minimum atomic E-state index is -0.187. The van der Waals surface area contributed by atoms with Crippen LogP contribution in [0.5, 0.6) is 0 Å². The molecule has 4 rings (SSSR count). The van der Waals surface area contributed by atoms with E-state index in [-0.39, 0.29) is 18.4 Å². The number of pyridine rings is 2. The fraction of sp³-hybridized carbons (Fsp3) is 0.190. The molecule has 0 bridgehead atoms. The molecular formula is C21H19N5O2S. The summed E-state index contributed by atoms with van der Waals surface area (Å²) in [6, 6.07) is 11.2. The molecule has 0 fully saturated rings. The number of amides is 1. The van der Waals surface area contributed by atoms with Gasteiger partial charge < -0.3 is 9.84 Å². The van der Waals surface area contributed by atoms with Crippen LogP contribution >= 0.6 is 11.3 Å². The largest absolute Gasteiger partial charge is 0.347 e. The monoisotopic (exact) mass is 405 g/mol. The summed E-state index contributed by atoms with van der Waals surface area (Å²) in [5, 5.41) is 11.2. The molecule has 146 valence electrons. The normalized spacial score (nSPS) is 11.9. The lowest BCUT2D eigenvalue weighted by molar-refractivity contribution is -0.121. The van der Waals surface area contributed by atoms with Crippen LogP contribution < -0.4 is 5.32 Å². The molecule has 4 aromatic rings. The van der Waals surface area contributed by atoms with Gasteiger partial charge in [0, 0.05) is 37.0 Å². The van der Waals surface area contributed by atoms with Gasteiger partial charge in [-0.05, 0) is 53.1 Å². The van der Waals surface area contributed by atoms with Crippen LogP contribution in [-0.2, 0) is 17.6 Å². The summed E-state index contributed by atoms with van der Waals surface area (Å²) >= 11 is 1.64. The molecule has 8 heteroatoms. The van der Waals surface area contributed by atoms with Crippen LogP contribution in [0, 0.1) is 0 Å². The molecule has 0 aromatic carbocycles. The molecule has 0 spiro atoms. The fourth-order valence-corrected chi connectivity index (χ4v) is 3.60. The molecule has 0 saturated carbocycles. The molecule has 0 aliphatic rings. The highest BCUT2D eigenvalue weighted by molar-refractivity contribution is 7.07. The van der Waals surface area contributed by atoms with Crippen LogP contribution in [0.1, 0.15) is 29.6 Å². The second-order valence-corrected chi connectivity index (χ2v) is 7.24. The summed E-state index contributed by atoms with van der Waals surface area (Å²) < 4.78 is 5.27. The van der Waals surface area contributed by atoms with E-state index in [1.165, 1.54) is 5.56 Å². The van der Waals surface area contributed by atoms with E-state index in [1.807, 2.05) is 35.7 Å². The van der Waals surface area contributed by atoms with Crippen LogP contribution in [0.3, 0.4) is 0 Å². The first-order chi connectivity index (χ1) is 14.3. The fourth-order valence-electron chi connectivity index (χ4n) is 2.92. The minimum Gasteiger partial charge on any atom is -0.347 e. The second kappa shape index (κ2) is 9.20. The summed E-state index contributed by atoms with van der Waals surface area (Å²) in [5.74, 6) is 0.838. The smallest absolute Gasteiger partial charge is 0.227 e. The van der Waals surface area contributed by atoms with Gasteiger partial charge in [-0.25, -0.2) is 0 Å². The average Bonchev–Trinajstić information content (AvgIpc) is 3.45. The van der Waals surface area contributed by atoms with Crippen molar-refractivity contribution in [3.63, 3.8) is 0 Å². The Morgan fingerprint density at radius 1 is 1.14 bits per heavy atom. The molecule has 0 saturated heterocycles. The number of nitrogens with one attached hydrogen (secondary N) is 1. The molecule has 1 amide bonds. The van der Waals surface area contributed by atoms with Crippen molar-refractivity contribution >= 4 is 17.2 Å². The van der Waals surface area contributed by atoms with E-state index in [1.54, 1.807) is 29.9 Å².